The maximum atomic E-state index is 12.1. The fraction of sp³-hybridized carbons (Fsp3) is 0.400. The standard InChI is InChI=1S/C10H14FNO2.ClH/c1-14-9-4-2-3-8(13)10(9)7(12)5-6-11;/h2-4,7,13H,5-6,12H2,1H3;1H/t7-;/m1./s1. The van der Waals surface area contributed by atoms with E-state index in [-0.39, 0.29) is 24.6 Å². The number of hydrogen-bond acceptors (Lipinski definition) is 3. The highest BCUT2D eigenvalue weighted by Crippen LogP contribution is 2.33. The van der Waals surface area contributed by atoms with Gasteiger partial charge in [0.2, 0.25) is 0 Å². The summed E-state index contributed by atoms with van der Waals surface area (Å²) in [6.07, 6.45) is 0.175. The SMILES string of the molecule is COc1cccc(O)c1[C@H](N)CCF.Cl. The van der Waals surface area contributed by atoms with Gasteiger partial charge in [-0.2, -0.15) is 0 Å². The van der Waals surface area contributed by atoms with Crippen LogP contribution in [0.25, 0.3) is 0 Å². The monoisotopic (exact) mass is 235 g/mol. The number of phenols is 1. The third-order valence-electron chi connectivity index (χ3n) is 2.05. The van der Waals surface area contributed by atoms with Crippen LogP contribution in [0.4, 0.5) is 4.39 Å². The average molecular weight is 236 g/mol. The van der Waals surface area contributed by atoms with Crippen LogP contribution in [0, 0.1) is 0 Å². The third kappa shape index (κ3) is 3.25. The first-order chi connectivity index (χ1) is 6.70. The van der Waals surface area contributed by atoms with Crippen molar-refractivity contribution in [1.29, 1.82) is 0 Å². The van der Waals surface area contributed by atoms with Gasteiger partial charge in [-0.1, -0.05) is 6.07 Å². The number of hydrogen-bond donors (Lipinski definition) is 2. The van der Waals surface area contributed by atoms with E-state index >= 15 is 0 Å². The smallest absolute Gasteiger partial charge is 0.127 e. The van der Waals surface area contributed by atoms with E-state index in [1.165, 1.54) is 13.2 Å². The maximum absolute atomic E-state index is 12.1. The van der Waals surface area contributed by atoms with Crippen LogP contribution < -0.4 is 10.5 Å². The van der Waals surface area contributed by atoms with Crippen LogP contribution in [0.3, 0.4) is 0 Å². The lowest BCUT2D eigenvalue weighted by Gasteiger charge is -2.15. The Labute approximate surface area is 94.5 Å². The number of benzene rings is 1. The largest absolute Gasteiger partial charge is 0.507 e. The summed E-state index contributed by atoms with van der Waals surface area (Å²) in [5.74, 6) is 0.538. The molecule has 0 amide bonds. The molecule has 1 atom stereocenters. The van der Waals surface area contributed by atoms with Crippen molar-refractivity contribution in [3.8, 4) is 11.5 Å². The van der Waals surface area contributed by atoms with E-state index in [2.05, 4.69) is 0 Å². The molecule has 1 aromatic rings. The highest BCUT2D eigenvalue weighted by molar-refractivity contribution is 5.85. The lowest BCUT2D eigenvalue weighted by molar-refractivity contribution is 0.381. The number of nitrogens with two attached hydrogens (primary N) is 1. The van der Waals surface area contributed by atoms with E-state index in [1.807, 2.05) is 0 Å². The minimum atomic E-state index is -0.531. The summed E-state index contributed by atoms with van der Waals surface area (Å²) in [7, 11) is 1.49. The Bertz CT molecular complexity index is 309. The van der Waals surface area contributed by atoms with Crippen LogP contribution in [0.5, 0.6) is 11.5 Å². The molecule has 0 saturated heterocycles. The lowest BCUT2D eigenvalue weighted by Crippen LogP contribution is -2.12. The number of rotatable bonds is 4. The van der Waals surface area contributed by atoms with Gasteiger partial charge in [-0.25, -0.2) is 0 Å². The molecule has 0 bridgehead atoms. The van der Waals surface area contributed by atoms with Crippen LogP contribution >= 0.6 is 12.4 Å². The zero-order chi connectivity index (χ0) is 10.6. The quantitative estimate of drug-likeness (QED) is 0.841. The Kier molecular flexibility index (Phi) is 6.05. The molecule has 86 valence electrons. The number of halogens is 2. The second kappa shape index (κ2) is 6.48. The Morgan fingerprint density at radius 3 is 2.73 bits per heavy atom. The number of aromatic hydroxyl groups is 1. The zero-order valence-electron chi connectivity index (χ0n) is 8.44. The Balaban J connectivity index is 0.00000196. The van der Waals surface area contributed by atoms with E-state index in [0.29, 0.717) is 11.3 Å². The molecule has 0 heterocycles. The van der Waals surface area contributed by atoms with E-state index in [0.717, 1.165) is 0 Å². The predicted octanol–water partition coefficient (Wildman–Crippen LogP) is 2.18. The summed E-state index contributed by atoms with van der Waals surface area (Å²) in [5.41, 5.74) is 6.17. The second-order valence-electron chi connectivity index (χ2n) is 2.98. The van der Waals surface area contributed by atoms with Crippen molar-refractivity contribution in [3.05, 3.63) is 23.8 Å². The van der Waals surface area contributed by atoms with Gasteiger partial charge in [0.1, 0.15) is 11.5 Å². The van der Waals surface area contributed by atoms with Crippen LogP contribution in [-0.2, 0) is 0 Å². The maximum Gasteiger partial charge on any atom is 0.127 e. The topological polar surface area (TPSA) is 55.5 Å². The van der Waals surface area contributed by atoms with Crippen molar-refractivity contribution in [3.63, 3.8) is 0 Å². The van der Waals surface area contributed by atoms with Gasteiger partial charge in [0.25, 0.3) is 0 Å². The molecular weight excluding hydrogens is 221 g/mol. The Morgan fingerprint density at radius 2 is 2.20 bits per heavy atom. The Hall–Kier alpha value is -1.00. The fourth-order valence-electron chi connectivity index (χ4n) is 1.34. The zero-order valence-corrected chi connectivity index (χ0v) is 9.26. The van der Waals surface area contributed by atoms with Gasteiger partial charge in [-0.15, -0.1) is 12.4 Å². The molecule has 0 unspecified atom stereocenters. The van der Waals surface area contributed by atoms with E-state index in [9.17, 15) is 9.50 Å². The van der Waals surface area contributed by atoms with Gasteiger partial charge in [-0.05, 0) is 18.6 Å². The minimum Gasteiger partial charge on any atom is -0.507 e. The van der Waals surface area contributed by atoms with Crippen molar-refractivity contribution < 1.29 is 14.2 Å². The van der Waals surface area contributed by atoms with Gasteiger partial charge in [0.05, 0.1) is 19.3 Å². The molecule has 0 aliphatic heterocycles. The van der Waals surface area contributed by atoms with Gasteiger partial charge in [-0.3, -0.25) is 4.39 Å². The summed E-state index contributed by atoms with van der Waals surface area (Å²) >= 11 is 0. The third-order valence-corrected chi connectivity index (χ3v) is 2.05. The van der Waals surface area contributed by atoms with Crippen molar-refractivity contribution in [2.75, 3.05) is 13.8 Å². The van der Waals surface area contributed by atoms with Crippen molar-refractivity contribution >= 4 is 12.4 Å². The molecule has 0 aromatic heterocycles. The number of methoxy groups -OCH3 is 1. The molecule has 3 nitrogen and oxygen atoms in total. The normalized spacial score (nSPS) is 11.7. The number of phenolic OH excluding ortho intramolecular Hbond substituents is 1. The van der Waals surface area contributed by atoms with E-state index in [4.69, 9.17) is 10.5 Å². The summed E-state index contributed by atoms with van der Waals surface area (Å²) in [4.78, 5) is 0. The average Bonchev–Trinajstić information content (AvgIpc) is 2.17. The molecule has 0 aliphatic rings. The molecule has 0 radical (unpaired) electrons. The molecule has 0 fully saturated rings. The van der Waals surface area contributed by atoms with Crippen molar-refractivity contribution in [2.45, 2.75) is 12.5 Å². The van der Waals surface area contributed by atoms with Gasteiger partial charge < -0.3 is 15.6 Å². The second-order valence-corrected chi connectivity index (χ2v) is 2.98. The van der Waals surface area contributed by atoms with Gasteiger partial charge >= 0.3 is 0 Å². The highest BCUT2D eigenvalue weighted by atomic mass is 35.5. The predicted molar refractivity (Wildman–Crippen MR) is 59.4 cm³/mol. The Morgan fingerprint density at radius 1 is 1.53 bits per heavy atom. The van der Waals surface area contributed by atoms with Crippen LogP contribution in [0.2, 0.25) is 0 Å². The molecule has 0 saturated carbocycles. The van der Waals surface area contributed by atoms with Crippen LogP contribution in [0.15, 0.2) is 18.2 Å². The molecule has 1 aromatic carbocycles. The van der Waals surface area contributed by atoms with Gasteiger partial charge in [0, 0.05) is 6.04 Å². The first kappa shape index (κ1) is 14.0. The lowest BCUT2D eigenvalue weighted by atomic mass is 10.0. The van der Waals surface area contributed by atoms with Crippen molar-refractivity contribution in [2.24, 2.45) is 5.73 Å². The summed E-state index contributed by atoms with van der Waals surface area (Å²) in [5, 5.41) is 9.54. The number of alkyl halides is 1. The van der Waals surface area contributed by atoms with Crippen molar-refractivity contribution in [1.82, 2.24) is 0 Å². The van der Waals surface area contributed by atoms with Gasteiger partial charge in [0.15, 0.2) is 0 Å². The molecular formula is C10H15ClFNO2. The molecule has 5 heteroatoms. The van der Waals surface area contributed by atoms with E-state index < -0.39 is 12.7 Å². The molecule has 1 rings (SSSR count). The molecule has 3 N–H and O–H groups in total. The highest BCUT2D eigenvalue weighted by Gasteiger charge is 2.15. The molecule has 15 heavy (non-hydrogen) atoms. The first-order valence-corrected chi connectivity index (χ1v) is 4.38. The van der Waals surface area contributed by atoms with Crippen LogP contribution in [0.1, 0.15) is 18.0 Å². The summed E-state index contributed by atoms with van der Waals surface area (Å²) in [6, 6.07) is 4.32. The summed E-state index contributed by atoms with van der Waals surface area (Å²) < 4.78 is 17.1. The van der Waals surface area contributed by atoms with Crippen LogP contribution in [-0.4, -0.2) is 18.9 Å². The molecule has 0 spiro atoms. The first-order valence-electron chi connectivity index (χ1n) is 4.38. The fourth-order valence-corrected chi connectivity index (χ4v) is 1.34. The number of ether oxygens (including phenoxy) is 1. The summed E-state index contributed by atoms with van der Waals surface area (Å²) in [6.45, 7) is -0.515. The molecule has 0 aliphatic carbocycles. The minimum absolute atomic E-state index is 0. The van der Waals surface area contributed by atoms with E-state index in [1.54, 1.807) is 12.1 Å².